The van der Waals surface area contributed by atoms with Gasteiger partial charge in [0.25, 0.3) is 5.91 Å². The monoisotopic (exact) mass is 375 g/mol. The highest BCUT2D eigenvalue weighted by molar-refractivity contribution is 6.02. The average Bonchev–Trinajstić information content (AvgIpc) is 2.94. The molecule has 144 valence electrons. The van der Waals surface area contributed by atoms with Gasteiger partial charge in [0.2, 0.25) is 5.91 Å². The second kappa shape index (κ2) is 8.93. The topological polar surface area (TPSA) is 122 Å². The molecule has 1 aliphatic heterocycles. The maximum Gasteiger partial charge on any atom is 0.324 e. The summed E-state index contributed by atoms with van der Waals surface area (Å²) in [6.45, 7) is 2.96. The van der Waals surface area contributed by atoms with Crippen LogP contribution in [0.25, 0.3) is 0 Å². The molecule has 2 rings (SSSR count). The SMILES string of the molecule is CC(=O)c1ccc(NC(=O)C(C)OC(=O)CCCN2C(=O)CNC2=O)cc1. The molecule has 0 bridgehead atoms. The van der Waals surface area contributed by atoms with E-state index in [1.165, 1.54) is 13.8 Å². The van der Waals surface area contributed by atoms with Crippen LogP contribution in [0.5, 0.6) is 0 Å². The van der Waals surface area contributed by atoms with E-state index in [0.717, 1.165) is 4.90 Å². The van der Waals surface area contributed by atoms with Gasteiger partial charge in [-0.3, -0.25) is 24.1 Å². The number of carbonyl (C=O) groups excluding carboxylic acids is 5. The molecule has 1 unspecified atom stereocenters. The van der Waals surface area contributed by atoms with Crippen LogP contribution in [0.1, 0.15) is 37.0 Å². The Hall–Kier alpha value is -3.23. The molecule has 9 nitrogen and oxygen atoms in total. The minimum Gasteiger partial charge on any atom is -0.453 e. The van der Waals surface area contributed by atoms with Crippen LogP contribution in [0.15, 0.2) is 24.3 Å². The quantitative estimate of drug-likeness (QED) is 0.398. The molecule has 9 heteroatoms. The van der Waals surface area contributed by atoms with Gasteiger partial charge in [0, 0.05) is 24.2 Å². The van der Waals surface area contributed by atoms with Crippen LogP contribution in [0.2, 0.25) is 0 Å². The molecule has 1 aromatic rings. The Balaban J connectivity index is 1.74. The van der Waals surface area contributed by atoms with Crippen molar-refractivity contribution in [1.82, 2.24) is 10.2 Å². The first-order valence-corrected chi connectivity index (χ1v) is 8.47. The largest absolute Gasteiger partial charge is 0.453 e. The predicted molar refractivity (Wildman–Crippen MR) is 95.0 cm³/mol. The van der Waals surface area contributed by atoms with E-state index in [-0.39, 0.29) is 37.6 Å². The van der Waals surface area contributed by atoms with Crippen molar-refractivity contribution >= 4 is 35.3 Å². The molecule has 4 amide bonds. The van der Waals surface area contributed by atoms with Crippen LogP contribution in [0.3, 0.4) is 0 Å². The number of nitrogens with zero attached hydrogens (tertiary/aromatic N) is 1. The Bertz CT molecular complexity index is 743. The summed E-state index contributed by atoms with van der Waals surface area (Å²) in [6, 6.07) is 5.87. The van der Waals surface area contributed by atoms with Gasteiger partial charge >= 0.3 is 12.0 Å². The van der Waals surface area contributed by atoms with Gasteiger partial charge in [-0.05, 0) is 44.5 Å². The number of rotatable bonds is 8. The maximum atomic E-state index is 12.1. The first kappa shape index (κ1) is 20.1. The molecule has 1 aliphatic rings. The van der Waals surface area contributed by atoms with Gasteiger partial charge in [0.1, 0.15) is 0 Å². The lowest BCUT2D eigenvalue weighted by molar-refractivity contribution is -0.153. The Morgan fingerprint density at radius 3 is 2.44 bits per heavy atom. The normalized spacial score (nSPS) is 14.5. The van der Waals surface area contributed by atoms with Crippen molar-refractivity contribution in [3.63, 3.8) is 0 Å². The first-order chi connectivity index (χ1) is 12.8. The zero-order valence-electron chi connectivity index (χ0n) is 15.1. The van der Waals surface area contributed by atoms with E-state index in [2.05, 4.69) is 10.6 Å². The van der Waals surface area contributed by atoms with E-state index in [1.807, 2.05) is 0 Å². The number of benzene rings is 1. The van der Waals surface area contributed by atoms with Crippen LogP contribution in [0, 0.1) is 0 Å². The number of ketones is 1. The van der Waals surface area contributed by atoms with Gasteiger partial charge in [-0.1, -0.05) is 0 Å². The predicted octanol–water partition coefficient (Wildman–Crippen LogP) is 1.09. The van der Waals surface area contributed by atoms with Crippen LogP contribution >= 0.6 is 0 Å². The molecule has 1 atom stereocenters. The van der Waals surface area contributed by atoms with Gasteiger partial charge in [-0.2, -0.15) is 0 Å². The second-order valence-electron chi connectivity index (χ2n) is 6.06. The zero-order chi connectivity index (χ0) is 20.0. The van der Waals surface area contributed by atoms with E-state index in [9.17, 15) is 24.0 Å². The molecule has 2 N–H and O–H groups in total. The van der Waals surface area contributed by atoms with Crippen molar-refractivity contribution < 1.29 is 28.7 Å². The standard InChI is InChI=1S/C18H21N3O6/c1-11(22)13-5-7-14(8-6-13)20-17(25)12(2)27-16(24)4-3-9-21-15(23)10-19-18(21)26/h5-8,12H,3-4,9-10H2,1-2H3,(H,19,26)(H,20,25). The molecule has 1 heterocycles. The third kappa shape index (κ3) is 5.63. The fraction of sp³-hybridized carbons (Fsp3) is 0.389. The number of imide groups is 1. The molecule has 0 saturated carbocycles. The van der Waals surface area contributed by atoms with Gasteiger partial charge in [0.15, 0.2) is 11.9 Å². The maximum absolute atomic E-state index is 12.1. The molecule has 1 fully saturated rings. The number of anilines is 1. The molecule has 0 radical (unpaired) electrons. The van der Waals surface area contributed by atoms with Gasteiger partial charge in [0.05, 0.1) is 6.54 Å². The van der Waals surface area contributed by atoms with Gasteiger partial charge in [-0.15, -0.1) is 0 Å². The summed E-state index contributed by atoms with van der Waals surface area (Å²) in [5, 5.41) is 4.98. The number of esters is 1. The number of urea groups is 1. The highest BCUT2D eigenvalue weighted by atomic mass is 16.5. The summed E-state index contributed by atoms with van der Waals surface area (Å²) in [6.07, 6.45) is -0.789. The van der Waals surface area contributed by atoms with E-state index < -0.39 is 24.0 Å². The van der Waals surface area contributed by atoms with E-state index in [4.69, 9.17) is 4.74 Å². The summed E-state index contributed by atoms with van der Waals surface area (Å²) in [4.78, 5) is 58.9. The third-order valence-electron chi connectivity index (χ3n) is 3.94. The summed E-state index contributed by atoms with van der Waals surface area (Å²) in [5.41, 5.74) is 1.00. The number of hydrogen-bond acceptors (Lipinski definition) is 6. The molecule has 0 aromatic heterocycles. The van der Waals surface area contributed by atoms with Crippen LogP contribution in [-0.2, 0) is 19.1 Å². The third-order valence-corrected chi connectivity index (χ3v) is 3.94. The summed E-state index contributed by atoms with van der Waals surface area (Å²) < 4.78 is 5.06. The molecular formula is C18H21N3O6. The second-order valence-corrected chi connectivity index (χ2v) is 6.06. The number of hydrogen-bond donors (Lipinski definition) is 2. The van der Waals surface area contributed by atoms with Crippen molar-refractivity contribution in [2.45, 2.75) is 32.8 Å². The number of Topliss-reactive ketones (excluding diaryl/α,β-unsaturated/α-hetero) is 1. The Morgan fingerprint density at radius 1 is 1.22 bits per heavy atom. The van der Waals surface area contributed by atoms with Crippen LogP contribution < -0.4 is 10.6 Å². The summed E-state index contributed by atoms with van der Waals surface area (Å²) in [5.74, 6) is -1.52. The molecule has 27 heavy (non-hydrogen) atoms. The minimum atomic E-state index is -1.01. The van der Waals surface area contributed by atoms with Crippen molar-refractivity contribution in [2.75, 3.05) is 18.4 Å². The lowest BCUT2D eigenvalue weighted by atomic mass is 10.1. The fourth-order valence-corrected chi connectivity index (χ4v) is 2.40. The van der Waals surface area contributed by atoms with Crippen LogP contribution in [-0.4, -0.2) is 53.7 Å². The van der Waals surface area contributed by atoms with E-state index in [0.29, 0.717) is 11.3 Å². The number of carbonyl (C=O) groups is 5. The van der Waals surface area contributed by atoms with Crippen molar-refractivity contribution in [2.24, 2.45) is 0 Å². The molecule has 0 spiro atoms. The minimum absolute atomic E-state index is 0.0258. The molecule has 1 saturated heterocycles. The van der Waals surface area contributed by atoms with Gasteiger partial charge in [-0.25, -0.2) is 4.79 Å². The molecular weight excluding hydrogens is 354 g/mol. The fourth-order valence-electron chi connectivity index (χ4n) is 2.40. The Kier molecular flexibility index (Phi) is 6.64. The van der Waals surface area contributed by atoms with Crippen molar-refractivity contribution in [1.29, 1.82) is 0 Å². The molecule has 0 aliphatic carbocycles. The summed E-state index contributed by atoms with van der Waals surface area (Å²) in [7, 11) is 0. The Labute approximate surface area is 156 Å². The zero-order valence-corrected chi connectivity index (χ0v) is 15.1. The number of amides is 4. The van der Waals surface area contributed by atoms with Gasteiger partial charge < -0.3 is 15.4 Å². The average molecular weight is 375 g/mol. The van der Waals surface area contributed by atoms with Crippen molar-refractivity contribution in [3.8, 4) is 0 Å². The van der Waals surface area contributed by atoms with E-state index >= 15 is 0 Å². The highest BCUT2D eigenvalue weighted by Crippen LogP contribution is 2.11. The number of ether oxygens (including phenoxy) is 1. The lowest BCUT2D eigenvalue weighted by Gasteiger charge is -2.15. The highest BCUT2D eigenvalue weighted by Gasteiger charge is 2.28. The lowest BCUT2D eigenvalue weighted by Crippen LogP contribution is -2.33. The first-order valence-electron chi connectivity index (χ1n) is 8.47. The number of nitrogens with one attached hydrogen (secondary N) is 2. The smallest absolute Gasteiger partial charge is 0.324 e. The Morgan fingerprint density at radius 2 is 1.89 bits per heavy atom. The van der Waals surface area contributed by atoms with Crippen LogP contribution in [0.4, 0.5) is 10.5 Å². The van der Waals surface area contributed by atoms with E-state index in [1.54, 1.807) is 24.3 Å². The summed E-state index contributed by atoms with van der Waals surface area (Å²) >= 11 is 0. The molecule has 1 aromatic carbocycles. The van der Waals surface area contributed by atoms with Crippen molar-refractivity contribution in [3.05, 3.63) is 29.8 Å².